The lowest BCUT2D eigenvalue weighted by Crippen LogP contribution is -2.41. The van der Waals surface area contributed by atoms with Gasteiger partial charge in [0, 0.05) is 10.6 Å². The number of ether oxygens (including phenoxy) is 1. The minimum Gasteiger partial charge on any atom is -0.467 e. The highest BCUT2D eigenvalue weighted by atomic mass is 35.5. The highest BCUT2D eigenvalue weighted by Gasteiger charge is 2.20. The van der Waals surface area contributed by atoms with E-state index in [4.69, 9.17) is 16.3 Å². The molecule has 0 saturated carbocycles. The van der Waals surface area contributed by atoms with Gasteiger partial charge in [-0.3, -0.25) is 4.79 Å². The number of amides is 1. The van der Waals surface area contributed by atoms with Gasteiger partial charge in [-0.2, -0.15) is 0 Å². The Morgan fingerprint density at radius 1 is 1.30 bits per heavy atom. The van der Waals surface area contributed by atoms with Crippen LogP contribution in [0.1, 0.15) is 30.6 Å². The SMILES string of the molecule is COC(=O)[C@H](CC=C(C)C)NC(=O)c1ccc(Cl)cc1. The Bertz CT molecular complexity index is 504. The molecule has 0 saturated heterocycles. The van der Waals surface area contributed by atoms with Crippen molar-refractivity contribution in [3.05, 3.63) is 46.5 Å². The van der Waals surface area contributed by atoms with Crippen LogP contribution in [-0.2, 0) is 9.53 Å². The lowest BCUT2D eigenvalue weighted by atomic mass is 10.1. The van der Waals surface area contributed by atoms with Crippen LogP contribution in [0.15, 0.2) is 35.9 Å². The highest BCUT2D eigenvalue weighted by Crippen LogP contribution is 2.10. The fourth-order valence-electron chi connectivity index (χ4n) is 1.55. The Kier molecular flexibility index (Phi) is 6.25. The van der Waals surface area contributed by atoms with Crippen LogP contribution >= 0.6 is 11.6 Å². The molecule has 1 atom stereocenters. The molecule has 0 aliphatic carbocycles. The first kappa shape index (κ1) is 16.2. The maximum atomic E-state index is 12.0. The molecule has 1 rings (SSSR count). The Hall–Kier alpha value is -1.81. The zero-order chi connectivity index (χ0) is 15.1. The van der Waals surface area contributed by atoms with Crippen LogP contribution in [0.3, 0.4) is 0 Å². The molecule has 0 radical (unpaired) electrons. The summed E-state index contributed by atoms with van der Waals surface area (Å²) in [5, 5.41) is 3.21. The third kappa shape index (κ3) is 5.05. The van der Waals surface area contributed by atoms with Gasteiger partial charge in [0.1, 0.15) is 6.04 Å². The van der Waals surface area contributed by atoms with Crippen molar-refractivity contribution in [1.29, 1.82) is 0 Å². The van der Waals surface area contributed by atoms with E-state index in [0.717, 1.165) is 5.57 Å². The molecule has 0 spiro atoms. The van der Waals surface area contributed by atoms with Gasteiger partial charge in [-0.15, -0.1) is 0 Å². The number of benzene rings is 1. The van der Waals surface area contributed by atoms with Crippen LogP contribution < -0.4 is 5.32 Å². The number of nitrogens with one attached hydrogen (secondary N) is 1. The van der Waals surface area contributed by atoms with E-state index in [1.807, 2.05) is 19.9 Å². The summed E-state index contributed by atoms with van der Waals surface area (Å²) in [4.78, 5) is 23.7. The number of rotatable bonds is 5. The summed E-state index contributed by atoms with van der Waals surface area (Å²) in [7, 11) is 1.30. The summed E-state index contributed by atoms with van der Waals surface area (Å²) in [6.45, 7) is 3.85. The van der Waals surface area contributed by atoms with Crippen molar-refractivity contribution >= 4 is 23.5 Å². The van der Waals surface area contributed by atoms with E-state index < -0.39 is 12.0 Å². The molecule has 1 N–H and O–H groups in total. The van der Waals surface area contributed by atoms with Crippen molar-refractivity contribution in [1.82, 2.24) is 5.32 Å². The van der Waals surface area contributed by atoms with E-state index in [-0.39, 0.29) is 5.91 Å². The lowest BCUT2D eigenvalue weighted by Gasteiger charge is -2.15. The van der Waals surface area contributed by atoms with E-state index in [9.17, 15) is 9.59 Å². The Balaban J connectivity index is 2.78. The van der Waals surface area contributed by atoms with E-state index in [0.29, 0.717) is 17.0 Å². The fourth-order valence-corrected chi connectivity index (χ4v) is 1.68. The molecule has 0 aromatic heterocycles. The Morgan fingerprint density at radius 3 is 2.40 bits per heavy atom. The third-order valence-electron chi connectivity index (χ3n) is 2.66. The average molecular weight is 296 g/mol. The predicted octanol–water partition coefficient (Wildman–Crippen LogP) is 2.97. The van der Waals surface area contributed by atoms with Gasteiger partial charge in [0.15, 0.2) is 0 Å². The second-order valence-corrected chi connectivity index (χ2v) is 5.01. The number of halogens is 1. The molecule has 108 valence electrons. The Labute approximate surface area is 123 Å². The standard InChI is InChI=1S/C15H18ClNO3/c1-10(2)4-9-13(15(19)20-3)17-14(18)11-5-7-12(16)8-6-11/h4-8,13H,9H2,1-3H3,(H,17,18)/t13-/m0/s1. The van der Waals surface area contributed by atoms with E-state index in [2.05, 4.69) is 5.32 Å². The molecule has 0 aliphatic heterocycles. The van der Waals surface area contributed by atoms with Crippen molar-refractivity contribution in [2.45, 2.75) is 26.3 Å². The molecule has 1 aromatic carbocycles. The summed E-state index contributed by atoms with van der Waals surface area (Å²) in [5.41, 5.74) is 1.51. The van der Waals surface area contributed by atoms with Gasteiger partial charge in [-0.25, -0.2) is 4.79 Å². The molecule has 1 aromatic rings. The van der Waals surface area contributed by atoms with E-state index in [1.54, 1.807) is 24.3 Å². The first-order valence-corrected chi connectivity index (χ1v) is 6.59. The van der Waals surface area contributed by atoms with Crippen LogP contribution in [-0.4, -0.2) is 25.0 Å². The second kappa shape index (κ2) is 7.70. The maximum Gasteiger partial charge on any atom is 0.328 e. The molecule has 5 heteroatoms. The molecule has 0 bridgehead atoms. The number of hydrogen-bond acceptors (Lipinski definition) is 3. The molecule has 1 amide bonds. The number of carbonyl (C=O) groups is 2. The van der Waals surface area contributed by atoms with Crippen LogP contribution in [0.5, 0.6) is 0 Å². The van der Waals surface area contributed by atoms with E-state index in [1.165, 1.54) is 7.11 Å². The van der Waals surface area contributed by atoms with Gasteiger partial charge in [-0.1, -0.05) is 23.3 Å². The van der Waals surface area contributed by atoms with Gasteiger partial charge < -0.3 is 10.1 Å². The van der Waals surface area contributed by atoms with Crippen LogP contribution in [0, 0.1) is 0 Å². The van der Waals surface area contributed by atoms with Crippen molar-refractivity contribution in [3.8, 4) is 0 Å². The number of methoxy groups -OCH3 is 1. The van der Waals surface area contributed by atoms with Crippen molar-refractivity contribution < 1.29 is 14.3 Å². The van der Waals surface area contributed by atoms with Gasteiger partial charge in [0.25, 0.3) is 5.91 Å². The molecular formula is C15H18ClNO3. The molecule has 0 unspecified atom stereocenters. The normalized spacial score (nSPS) is 11.4. The van der Waals surface area contributed by atoms with Crippen LogP contribution in [0.25, 0.3) is 0 Å². The van der Waals surface area contributed by atoms with Gasteiger partial charge >= 0.3 is 5.97 Å². The van der Waals surface area contributed by atoms with Crippen molar-refractivity contribution in [2.24, 2.45) is 0 Å². The van der Waals surface area contributed by atoms with Crippen LogP contribution in [0.4, 0.5) is 0 Å². The fraction of sp³-hybridized carbons (Fsp3) is 0.333. The molecule has 0 aliphatic rings. The molecule has 20 heavy (non-hydrogen) atoms. The van der Waals surface area contributed by atoms with Crippen LogP contribution in [0.2, 0.25) is 5.02 Å². The number of carbonyl (C=O) groups excluding carboxylic acids is 2. The summed E-state index contributed by atoms with van der Waals surface area (Å²) in [6, 6.07) is 5.76. The Morgan fingerprint density at radius 2 is 1.90 bits per heavy atom. The van der Waals surface area contributed by atoms with Crippen molar-refractivity contribution in [2.75, 3.05) is 7.11 Å². The zero-order valence-corrected chi connectivity index (χ0v) is 12.5. The maximum absolute atomic E-state index is 12.0. The lowest BCUT2D eigenvalue weighted by molar-refractivity contribution is -0.142. The molecular weight excluding hydrogens is 278 g/mol. The monoisotopic (exact) mass is 295 g/mol. The third-order valence-corrected chi connectivity index (χ3v) is 2.91. The summed E-state index contributed by atoms with van der Waals surface area (Å²) in [6.07, 6.45) is 2.28. The largest absolute Gasteiger partial charge is 0.467 e. The smallest absolute Gasteiger partial charge is 0.328 e. The topological polar surface area (TPSA) is 55.4 Å². The number of esters is 1. The molecule has 0 heterocycles. The summed E-state index contributed by atoms with van der Waals surface area (Å²) in [5.74, 6) is -0.802. The number of allylic oxidation sites excluding steroid dienone is 1. The quantitative estimate of drug-likeness (QED) is 0.671. The van der Waals surface area contributed by atoms with Gasteiger partial charge in [0.2, 0.25) is 0 Å². The first-order chi connectivity index (χ1) is 9.43. The second-order valence-electron chi connectivity index (χ2n) is 4.57. The van der Waals surface area contributed by atoms with E-state index >= 15 is 0 Å². The van der Waals surface area contributed by atoms with Gasteiger partial charge in [-0.05, 0) is 44.5 Å². The first-order valence-electron chi connectivity index (χ1n) is 6.21. The zero-order valence-electron chi connectivity index (χ0n) is 11.8. The molecule has 0 fully saturated rings. The average Bonchev–Trinajstić information content (AvgIpc) is 2.42. The van der Waals surface area contributed by atoms with Crippen molar-refractivity contribution in [3.63, 3.8) is 0 Å². The minimum absolute atomic E-state index is 0.334. The molecule has 4 nitrogen and oxygen atoms in total. The minimum atomic E-state index is -0.696. The summed E-state index contributed by atoms with van der Waals surface area (Å²) < 4.78 is 4.70. The number of hydrogen-bond donors (Lipinski definition) is 1. The predicted molar refractivity (Wildman–Crippen MR) is 78.8 cm³/mol. The highest BCUT2D eigenvalue weighted by molar-refractivity contribution is 6.30. The van der Waals surface area contributed by atoms with Gasteiger partial charge in [0.05, 0.1) is 7.11 Å². The summed E-state index contributed by atoms with van der Waals surface area (Å²) >= 11 is 5.77.